The van der Waals surface area contributed by atoms with Crippen LogP contribution in [-0.2, 0) is 19.2 Å². The summed E-state index contributed by atoms with van der Waals surface area (Å²) in [5.41, 5.74) is 1.29. The minimum atomic E-state index is -0.488. The number of carbonyl (C=O) groups is 2. The number of rotatable bonds is 7. The van der Waals surface area contributed by atoms with Gasteiger partial charge in [-0.05, 0) is 17.7 Å². The quantitative estimate of drug-likeness (QED) is 0.610. The SMILES string of the molecule is CCC(=O)Nc1ccccc1/C=C/C(=O)N(C[C]=O)OC. The number of carbonyl (C=O) groups excluding carboxylic acids is 3. The summed E-state index contributed by atoms with van der Waals surface area (Å²) in [5.74, 6) is -0.603. The number of hydrogen-bond acceptors (Lipinski definition) is 4. The number of para-hydroxylation sites is 1. The molecule has 0 saturated heterocycles. The van der Waals surface area contributed by atoms with Crippen LogP contribution in [0.4, 0.5) is 5.69 Å². The minimum Gasteiger partial charge on any atom is -0.326 e. The van der Waals surface area contributed by atoms with Crippen molar-refractivity contribution >= 4 is 29.9 Å². The molecule has 0 saturated carbocycles. The molecule has 0 aliphatic heterocycles. The van der Waals surface area contributed by atoms with Gasteiger partial charge in [-0.1, -0.05) is 25.1 Å². The van der Waals surface area contributed by atoms with Crippen LogP contribution in [-0.4, -0.2) is 36.8 Å². The molecule has 1 radical (unpaired) electrons. The molecule has 0 heterocycles. The number of hydrogen-bond donors (Lipinski definition) is 1. The second kappa shape index (κ2) is 8.65. The van der Waals surface area contributed by atoms with Crippen LogP contribution >= 0.6 is 0 Å². The van der Waals surface area contributed by atoms with Crippen molar-refractivity contribution < 1.29 is 19.2 Å². The molecular formula is C15H17N2O4. The van der Waals surface area contributed by atoms with Crippen molar-refractivity contribution in [3.8, 4) is 0 Å². The molecular weight excluding hydrogens is 272 g/mol. The molecule has 0 spiro atoms. The number of nitrogens with zero attached hydrogens (tertiary/aromatic N) is 1. The zero-order valence-corrected chi connectivity index (χ0v) is 12.0. The lowest BCUT2D eigenvalue weighted by Gasteiger charge is -2.13. The van der Waals surface area contributed by atoms with Crippen LogP contribution in [0.15, 0.2) is 30.3 Å². The Hall–Kier alpha value is -2.47. The molecule has 0 bridgehead atoms. The molecule has 111 valence electrons. The van der Waals surface area contributed by atoms with Gasteiger partial charge in [0.05, 0.1) is 7.11 Å². The summed E-state index contributed by atoms with van der Waals surface area (Å²) in [6.07, 6.45) is 4.75. The number of hydroxylamine groups is 2. The second-order valence-electron chi connectivity index (χ2n) is 4.02. The molecule has 1 aromatic rings. The van der Waals surface area contributed by atoms with Gasteiger partial charge in [-0.25, -0.2) is 5.06 Å². The summed E-state index contributed by atoms with van der Waals surface area (Å²) >= 11 is 0. The van der Waals surface area contributed by atoms with Crippen LogP contribution in [0, 0.1) is 0 Å². The van der Waals surface area contributed by atoms with E-state index in [1.54, 1.807) is 43.6 Å². The van der Waals surface area contributed by atoms with Crippen molar-refractivity contribution in [2.45, 2.75) is 13.3 Å². The average Bonchev–Trinajstić information content (AvgIpc) is 2.51. The molecule has 0 atom stereocenters. The van der Waals surface area contributed by atoms with Crippen LogP contribution < -0.4 is 5.32 Å². The van der Waals surface area contributed by atoms with Crippen molar-refractivity contribution in [2.24, 2.45) is 0 Å². The van der Waals surface area contributed by atoms with Crippen LogP contribution in [0.25, 0.3) is 6.08 Å². The lowest BCUT2D eigenvalue weighted by Crippen LogP contribution is -2.29. The van der Waals surface area contributed by atoms with E-state index in [1.807, 2.05) is 0 Å². The first kappa shape index (κ1) is 16.6. The van der Waals surface area contributed by atoms with Crippen molar-refractivity contribution in [3.63, 3.8) is 0 Å². The highest BCUT2D eigenvalue weighted by atomic mass is 16.7. The standard InChI is InChI=1S/C15H17N2O4/c1-3-14(19)16-13-7-5-4-6-12(13)8-9-15(20)17(21-2)10-11-18/h4-9H,3,10H2,1-2H3,(H,16,19)/b9-8+. The predicted octanol–water partition coefficient (Wildman–Crippen LogP) is 1.55. The lowest BCUT2D eigenvalue weighted by molar-refractivity contribution is -0.165. The summed E-state index contributed by atoms with van der Waals surface area (Å²) in [6.45, 7) is 1.48. The van der Waals surface area contributed by atoms with E-state index in [1.165, 1.54) is 13.2 Å². The monoisotopic (exact) mass is 289 g/mol. The maximum Gasteiger partial charge on any atom is 0.270 e. The van der Waals surface area contributed by atoms with Crippen molar-refractivity contribution in [2.75, 3.05) is 19.0 Å². The van der Waals surface area contributed by atoms with E-state index in [4.69, 9.17) is 4.84 Å². The van der Waals surface area contributed by atoms with Gasteiger partial charge in [-0.3, -0.25) is 19.2 Å². The highest BCUT2D eigenvalue weighted by Crippen LogP contribution is 2.17. The van der Waals surface area contributed by atoms with Gasteiger partial charge in [-0.2, -0.15) is 0 Å². The summed E-state index contributed by atoms with van der Waals surface area (Å²) < 4.78 is 0. The number of amides is 2. The average molecular weight is 289 g/mol. The molecule has 2 amide bonds. The summed E-state index contributed by atoms with van der Waals surface area (Å²) in [7, 11) is 1.29. The van der Waals surface area contributed by atoms with Gasteiger partial charge in [0.2, 0.25) is 12.2 Å². The minimum absolute atomic E-state index is 0.115. The van der Waals surface area contributed by atoms with E-state index in [-0.39, 0.29) is 12.5 Å². The first-order valence-corrected chi connectivity index (χ1v) is 6.40. The second-order valence-corrected chi connectivity index (χ2v) is 4.02. The Bertz CT molecular complexity index is 540. The van der Waals surface area contributed by atoms with Gasteiger partial charge in [0.1, 0.15) is 6.54 Å². The van der Waals surface area contributed by atoms with E-state index in [2.05, 4.69) is 5.32 Å². The van der Waals surface area contributed by atoms with Gasteiger partial charge in [0.25, 0.3) is 5.91 Å². The summed E-state index contributed by atoms with van der Waals surface area (Å²) in [4.78, 5) is 38.3. The van der Waals surface area contributed by atoms with Crippen LogP contribution in [0.3, 0.4) is 0 Å². The third-order valence-electron chi connectivity index (χ3n) is 2.64. The molecule has 6 heteroatoms. The third kappa shape index (κ3) is 5.19. The topological polar surface area (TPSA) is 75.7 Å². The summed E-state index contributed by atoms with van der Waals surface area (Å²) in [5, 5.41) is 3.62. The molecule has 1 rings (SSSR count). The molecule has 1 N–H and O–H groups in total. The zero-order chi connectivity index (χ0) is 15.7. The van der Waals surface area contributed by atoms with Gasteiger partial charge in [-0.15, -0.1) is 0 Å². The maximum absolute atomic E-state index is 11.8. The predicted molar refractivity (Wildman–Crippen MR) is 78.8 cm³/mol. The Labute approximate surface area is 123 Å². The lowest BCUT2D eigenvalue weighted by atomic mass is 10.1. The highest BCUT2D eigenvalue weighted by molar-refractivity contribution is 5.96. The Morgan fingerprint density at radius 3 is 2.71 bits per heavy atom. The Balaban J connectivity index is 2.86. The highest BCUT2D eigenvalue weighted by Gasteiger charge is 2.09. The van der Waals surface area contributed by atoms with Crippen molar-refractivity contribution in [1.82, 2.24) is 5.06 Å². The van der Waals surface area contributed by atoms with E-state index >= 15 is 0 Å². The fourth-order valence-corrected chi connectivity index (χ4v) is 1.53. The molecule has 0 aliphatic rings. The van der Waals surface area contributed by atoms with Gasteiger partial charge in [0, 0.05) is 18.2 Å². The maximum atomic E-state index is 11.8. The number of nitrogens with one attached hydrogen (secondary N) is 1. The molecule has 1 aromatic carbocycles. The Morgan fingerprint density at radius 2 is 2.10 bits per heavy atom. The Kier molecular flexibility index (Phi) is 6.83. The van der Waals surface area contributed by atoms with Crippen LogP contribution in [0.1, 0.15) is 18.9 Å². The van der Waals surface area contributed by atoms with Crippen molar-refractivity contribution in [3.05, 3.63) is 35.9 Å². The molecule has 21 heavy (non-hydrogen) atoms. The fraction of sp³-hybridized carbons (Fsp3) is 0.267. The first-order chi connectivity index (χ1) is 10.1. The normalized spacial score (nSPS) is 10.4. The van der Waals surface area contributed by atoms with Gasteiger partial charge in [0.15, 0.2) is 0 Å². The van der Waals surface area contributed by atoms with Crippen molar-refractivity contribution in [1.29, 1.82) is 0 Å². The zero-order valence-electron chi connectivity index (χ0n) is 12.0. The Morgan fingerprint density at radius 1 is 1.38 bits per heavy atom. The van der Waals surface area contributed by atoms with Crippen LogP contribution in [0.5, 0.6) is 0 Å². The van der Waals surface area contributed by atoms with Crippen LogP contribution in [0.2, 0.25) is 0 Å². The van der Waals surface area contributed by atoms with E-state index in [0.29, 0.717) is 17.7 Å². The van der Waals surface area contributed by atoms with Gasteiger partial charge >= 0.3 is 0 Å². The summed E-state index contributed by atoms with van der Waals surface area (Å²) in [6, 6.07) is 7.08. The number of anilines is 1. The number of benzene rings is 1. The van der Waals surface area contributed by atoms with E-state index < -0.39 is 5.91 Å². The fourth-order valence-electron chi connectivity index (χ4n) is 1.53. The largest absolute Gasteiger partial charge is 0.326 e. The van der Waals surface area contributed by atoms with E-state index in [0.717, 1.165) is 5.06 Å². The molecule has 0 unspecified atom stereocenters. The molecule has 0 aromatic heterocycles. The molecule has 0 fully saturated rings. The first-order valence-electron chi connectivity index (χ1n) is 6.40. The molecule has 0 aliphatic carbocycles. The smallest absolute Gasteiger partial charge is 0.270 e. The van der Waals surface area contributed by atoms with Gasteiger partial charge < -0.3 is 5.32 Å². The van der Waals surface area contributed by atoms with E-state index in [9.17, 15) is 14.4 Å². The third-order valence-corrected chi connectivity index (χ3v) is 2.64. The molecule has 6 nitrogen and oxygen atoms in total.